The minimum atomic E-state index is -1.19. The Labute approximate surface area is 108 Å². The molecule has 1 unspecified atom stereocenters. The van der Waals surface area contributed by atoms with E-state index in [1.807, 2.05) is 0 Å². The average Bonchev–Trinajstić information content (AvgIpc) is 2.36. The fraction of sp³-hybridized carbons (Fsp3) is 0.417. The number of hydrogen-bond acceptors (Lipinski definition) is 4. The summed E-state index contributed by atoms with van der Waals surface area (Å²) in [5, 5.41) is 8.51. The monoisotopic (exact) mass is 272 g/mol. The highest BCUT2D eigenvalue weighted by molar-refractivity contribution is 7.84. The number of hydrogen-bond donors (Lipinski definition) is 1. The van der Waals surface area contributed by atoms with E-state index in [1.54, 1.807) is 25.3 Å². The van der Waals surface area contributed by atoms with E-state index in [0.29, 0.717) is 17.3 Å². The first-order valence-corrected chi connectivity index (χ1v) is 6.83. The molecule has 0 aromatic heterocycles. The van der Waals surface area contributed by atoms with Gasteiger partial charge in [-0.2, -0.15) is 0 Å². The lowest BCUT2D eigenvalue weighted by atomic mass is 10.2. The highest BCUT2D eigenvalue weighted by Crippen LogP contribution is 2.27. The summed E-state index contributed by atoms with van der Waals surface area (Å²) in [4.78, 5) is 10.4. The lowest BCUT2D eigenvalue weighted by Gasteiger charge is -2.09. The van der Waals surface area contributed by atoms with Crippen molar-refractivity contribution in [2.24, 2.45) is 0 Å². The van der Waals surface area contributed by atoms with Crippen LogP contribution in [0.4, 0.5) is 0 Å². The molecule has 0 aliphatic heterocycles. The number of ether oxygens (including phenoxy) is 2. The summed E-state index contributed by atoms with van der Waals surface area (Å²) in [6, 6.07) is 5.28. The molecule has 0 bridgehead atoms. The predicted octanol–water partition coefficient (Wildman–Crippen LogP) is 1.43. The van der Waals surface area contributed by atoms with Crippen LogP contribution in [0.2, 0.25) is 0 Å². The van der Waals surface area contributed by atoms with Gasteiger partial charge in [-0.05, 0) is 17.7 Å². The van der Waals surface area contributed by atoms with E-state index < -0.39 is 16.8 Å². The van der Waals surface area contributed by atoms with E-state index in [9.17, 15) is 9.00 Å². The number of benzene rings is 1. The summed E-state index contributed by atoms with van der Waals surface area (Å²) in [5.41, 5.74) is 0.830. The Hall–Kier alpha value is -1.56. The second-order valence-corrected chi connectivity index (χ2v) is 5.20. The van der Waals surface area contributed by atoms with Crippen molar-refractivity contribution in [3.05, 3.63) is 23.8 Å². The Balaban J connectivity index is 2.67. The zero-order valence-electron chi connectivity index (χ0n) is 10.3. The zero-order chi connectivity index (χ0) is 13.5. The molecule has 0 fully saturated rings. The van der Waals surface area contributed by atoms with Crippen LogP contribution in [0.1, 0.15) is 12.0 Å². The first-order valence-electron chi connectivity index (χ1n) is 5.34. The van der Waals surface area contributed by atoms with Gasteiger partial charge in [0.1, 0.15) is 0 Å². The molecule has 0 radical (unpaired) electrons. The van der Waals surface area contributed by atoms with Gasteiger partial charge in [0, 0.05) is 22.3 Å². The molecule has 0 saturated carbocycles. The zero-order valence-corrected chi connectivity index (χ0v) is 11.2. The van der Waals surface area contributed by atoms with Gasteiger partial charge < -0.3 is 14.6 Å². The van der Waals surface area contributed by atoms with Crippen molar-refractivity contribution in [1.82, 2.24) is 0 Å². The molecule has 0 aliphatic rings. The number of aliphatic carboxylic acids is 1. The fourth-order valence-electron chi connectivity index (χ4n) is 1.43. The molecule has 1 aromatic rings. The number of carbonyl (C=O) groups is 1. The lowest BCUT2D eigenvalue weighted by molar-refractivity contribution is -0.136. The number of methoxy groups -OCH3 is 2. The van der Waals surface area contributed by atoms with Gasteiger partial charge in [-0.15, -0.1) is 0 Å². The predicted molar refractivity (Wildman–Crippen MR) is 68.5 cm³/mol. The Morgan fingerprint density at radius 2 is 1.94 bits per heavy atom. The van der Waals surface area contributed by atoms with Crippen LogP contribution in [0, 0.1) is 0 Å². The molecular weight excluding hydrogens is 256 g/mol. The van der Waals surface area contributed by atoms with Gasteiger partial charge in [0.15, 0.2) is 11.5 Å². The van der Waals surface area contributed by atoms with Crippen LogP contribution in [-0.4, -0.2) is 35.3 Å². The van der Waals surface area contributed by atoms with Gasteiger partial charge in [-0.25, -0.2) is 0 Å². The highest BCUT2D eigenvalue weighted by atomic mass is 32.2. The molecule has 0 aliphatic carbocycles. The fourth-order valence-corrected chi connectivity index (χ4v) is 2.53. The first kappa shape index (κ1) is 14.5. The van der Waals surface area contributed by atoms with Crippen molar-refractivity contribution < 1.29 is 23.6 Å². The number of carboxylic acids is 1. The van der Waals surface area contributed by atoms with Crippen LogP contribution in [0.5, 0.6) is 11.5 Å². The van der Waals surface area contributed by atoms with Crippen molar-refractivity contribution in [2.45, 2.75) is 12.2 Å². The molecule has 0 amide bonds. The molecule has 1 N–H and O–H groups in total. The SMILES string of the molecule is COc1ccc(CS(=O)CCC(=O)O)cc1OC. The minimum Gasteiger partial charge on any atom is -0.493 e. The maximum Gasteiger partial charge on any atom is 0.304 e. The van der Waals surface area contributed by atoms with Gasteiger partial charge in [0.2, 0.25) is 0 Å². The topological polar surface area (TPSA) is 72.8 Å². The van der Waals surface area contributed by atoms with Gasteiger partial charge in [0.25, 0.3) is 0 Å². The Bertz CT molecular complexity index is 444. The van der Waals surface area contributed by atoms with Gasteiger partial charge in [-0.1, -0.05) is 6.07 Å². The van der Waals surface area contributed by atoms with Crippen LogP contribution in [0.25, 0.3) is 0 Å². The molecule has 18 heavy (non-hydrogen) atoms. The van der Waals surface area contributed by atoms with E-state index in [-0.39, 0.29) is 12.2 Å². The third-order valence-corrected chi connectivity index (χ3v) is 3.63. The summed E-state index contributed by atoms with van der Waals surface area (Å²) in [7, 11) is 1.89. The molecule has 1 rings (SSSR count). The van der Waals surface area contributed by atoms with E-state index in [2.05, 4.69) is 0 Å². The summed E-state index contributed by atoms with van der Waals surface area (Å²) < 4.78 is 21.9. The lowest BCUT2D eigenvalue weighted by Crippen LogP contribution is -2.06. The molecule has 6 heteroatoms. The summed E-state index contributed by atoms with van der Waals surface area (Å²) in [5.74, 6) is 0.718. The Morgan fingerprint density at radius 1 is 1.28 bits per heavy atom. The van der Waals surface area contributed by atoms with Crippen LogP contribution in [0.15, 0.2) is 18.2 Å². The summed E-state index contributed by atoms with van der Waals surface area (Å²) in [6.07, 6.45) is -0.0834. The van der Waals surface area contributed by atoms with Crippen molar-refractivity contribution in [2.75, 3.05) is 20.0 Å². The first-order chi connectivity index (χ1) is 8.56. The average molecular weight is 272 g/mol. The van der Waals surface area contributed by atoms with Crippen molar-refractivity contribution in [3.8, 4) is 11.5 Å². The Kier molecular flexibility index (Phi) is 5.64. The van der Waals surface area contributed by atoms with Crippen LogP contribution in [-0.2, 0) is 21.3 Å². The van der Waals surface area contributed by atoms with Crippen LogP contribution in [0.3, 0.4) is 0 Å². The third kappa shape index (κ3) is 4.37. The molecule has 0 heterocycles. The number of rotatable bonds is 7. The summed E-state index contributed by atoms with van der Waals surface area (Å²) >= 11 is 0. The molecule has 5 nitrogen and oxygen atoms in total. The maximum atomic E-state index is 11.6. The molecule has 1 atom stereocenters. The second kappa shape index (κ2) is 7.00. The largest absolute Gasteiger partial charge is 0.493 e. The van der Waals surface area contributed by atoms with Crippen LogP contribution < -0.4 is 9.47 Å². The maximum absolute atomic E-state index is 11.6. The van der Waals surface area contributed by atoms with Crippen molar-refractivity contribution >= 4 is 16.8 Å². The van der Waals surface area contributed by atoms with Gasteiger partial charge in [0.05, 0.1) is 20.6 Å². The van der Waals surface area contributed by atoms with E-state index in [4.69, 9.17) is 14.6 Å². The standard InChI is InChI=1S/C12H16O5S/c1-16-10-4-3-9(7-11(10)17-2)8-18(15)6-5-12(13)14/h3-4,7H,5-6,8H2,1-2H3,(H,13,14). The smallest absolute Gasteiger partial charge is 0.304 e. The number of carboxylic acid groups (broad SMARTS) is 1. The highest BCUT2D eigenvalue weighted by Gasteiger charge is 2.08. The second-order valence-electron chi connectivity index (χ2n) is 3.62. The van der Waals surface area contributed by atoms with E-state index >= 15 is 0 Å². The van der Waals surface area contributed by atoms with E-state index in [0.717, 1.165) is 5.56 Å². The molecular formula is C12H16O5S. The third-order valence-electron chi connectivity index (χ3n) is 2.32. The molecule has 100 valence electrons. The quantitative estimate of drug-likeness (QED) is 0.812. The normalized spacial score (nSPS) is 11.9. The van der Waals surface area contributed by atoms with Crippen LogP contribution >= 0.6 is 0 Å². The molecule has 0 spiro atoms. The Morgan fingerprint density at radius 3 is 2.50 bits per heavy atom. The van der Waals surface area contributed by atoms with Crippen molar-refractivity contribution in [1.29, 1.82) is 0 Å². The summed E-state index contributed by atoms with van der Waals surface area (Å²) in [6.45, 7) is 0. The minimum absolute atomic E-state index is 0.0834. The molecule has 0 saturated heterocycles. The van der Waals surface area contributed by atoms with E-state index in [1.165, 1.54) is 7.11 Å². The van der Waals surface area contributed by atoms with Crippen molar-refractivity contribution in [3.63, 3.8) is 0 Å². The molecule has 1 aromatic carbocycles. The van der Waals surface area contributed by atoms with Gasteiger partial charge in [-0.3, -0.25) is 9.00 Å². The van der Waals surface area contributed by atoms with Gasteiger partial charge >= 0.3 is 5.97 Å².